The summed E-state index contributed by atoms with van der Waals surface area (Å²) < 4.78 is 17.1. The van der Waals surface area contributed by atoms with Crippen molar-refractivity contribution in [1.82, 2.24) is 9.97 Å². The highest BCUT2D eigenvalue weighted by atomic mass is 35.5. The van der Waals surface area contributed by atoms with E-state index in [1.54, 1.807) is 12.1 Å². The molecule has 9 heteroatoms. The number of ether oxygens (including phenoxy) is 3. The maximum Gasteiger partial charge on any atom is 0.412 e. The number of carbonyl (C=O) groups excluding carboxylic acids is 1. The summed E-state index contributed by atoms with van der Waals surface area (Å²) >= 11 is 5.99. The highest BCUT2D eigenvalue weighted by molar-refractivity contribution is 6.30. The van der Waals surface area contributed by atoms with Gasteiger partial charge in [0.15, 0.2) is 5.82 Å². The number of anilines is 1. The van der Waals surface area contributed by atoms with Crippen LogP contribution in [0.2, 0.25) is 5.02 Å². The van der Waals surface area contributed by atoms with E-state index in [0.29, 0.717) is 24.7 Å². The fraction of sp³-hybridized carbons (Fsp3) is 0.292. The first-order chi connectivity index (χ1) is 16.0. The predicted octanol–water partition coefficient (Wildman–Crippen LogP) is 4.64. The zero-order chi connectivity index (χ0) is 23.7. The molecule has 0 radical (unpaired) electrons. The van der Waals surface area contributed by atoms with Crippen molar-refractivity contribution in [3.8, 4) is 0 Å². The molecule has 0 saturated carbocycles. The fourth-order valence-corrected chi connectivity index (χ4v) is 3.37. The molecule has 3 rings (SSSR count). The number of hydrogen-bond donors (Lipinski definition) is 2. The number of hydrogen-bond acceptors (Lipinski definition) is 6. The first-order valence-corrected chi connectivity index (χ1v) is 10.9. The molecule has 1 aromatic heterocycles. The minimum absolute atomic E-state index is 0.0507. The number of nitrogens with zero attached hydrogens (tertiary/aromatic N) is 1. The average Bonchev–Trinajstić information content (AvgIpc) is 2.81. The lowest BCUT2D eigenvalue weighted by atomic mass is 10.0. The Balaban J connectivity index is 1.79. The third-order valence-electron chi connectivity index (χ3n) is 4.71. The van der Waals surface area contributed by atoms with Gasteiger partial charge in [0, 0.05) is 24.7 Å². The molecule has 1 amide bonds. The largest absolute Gasteiger partial charge is 0.444 e. The predicted molar refractivity (Wildman–Crippen MR) is 125 cm³/mol. The van der Waals surface area contributed by atoms with Crippen LogP contribution in [0, 0.1) is 0 Å². The molecule has 0 aliphatic rings. The monoisotopic (exact) mass is 471 g/mol. The molecule has 0 unspecified atom stereocenters. The summed E-state index contributed by atoms with van der Waals surface area (Å²) in [6, 6.07) is 16.5. The van der Waals surface area contributed by atoms with Gasteiger partial charge in [-0.25, -0.2) is 9.78 Å². The number of carbonyl (C=O) groups is 1. The van der Waals surface area contributed by atoms with E-state index in [1.165, 1.54) is 6.20 Å². The average molecular weight is 472 g/mol. The molecule has 174 valence electrons. The van der Waals surface area contributed by atoms with Crippen LogP contribution in [0.4, 0.5) is 10.5 Å². The van der Waals surface area contributed by atoms with Gasteiger partial charge in [0.05, 0.1) is 6.20 Å². The highest BCUT2D eigenvalue weighted by Gasteiger charge is 2.37. The number of benzene rings is 2. The van der Waals surface area contributed by atoms with Crippen LogP contribution < -0.4 is 10.9 Å². The van der Waals surface area contributed by atoms with Gasteiger partial charge in [0.25, 0.3) is 5.56 Å². The number of H-pyrrole nitrogens is 1. The summed E-state index contributed by atoms with van der Waals surface area (Å²) in [6.07, 6.45) is 0.786. The van der Waals surface area contributed by atoms with Gasteiger partial charge in [-0.2, -0.15) is 0 Å². The van der Waals surface area contributed by atoms with Crippen molar-refractivity contribution in [3.05, 3.63) is 93.1 Å². The van der Waals surface area contributed by atoms with Crippen LogP contribution in [0.25, 0.3) is 0 Å². The van der Waals surface area contributed by atoms with Gasteiger partial charge in [-0.3, -0.25) is 10.1 Å². The molecule has 0 bridgehead atoms. The molecule has 0 spiro atoms. The van der Waals surface area contributed by atoms with E-state index < -0.39 is 17.4 Å². The second-order valence-corrected chi connectivity index (χ2v) is 7.52. The SMILES string of the molecule is CCOC(Cc1ccc(Cl)cc1)(OCC)c1ncc(NC(=O)OCc2ccccc2)c(=O)[nH]1. The van der Waals surface area contributed by atoms with Crippen LogP contribution in [-0.2, 0) is 33.0 Å². The zero-order valence-corrected chi connectivity index (χ0v) is 19.2. The summed E-state index contributed by atoms with van der Waals surface area (Å²) in [6.45, 7) is 4.38. The minimum atomic E-state index is -1.32. The molecule has 2 N–H and O–H groups in total. The third-order valence-corrected chi connectivity index (χ3v) is 4.97. The van der Waals surface area contributed by atoms with Gasteiger partial charge in [-0.05, 0) is 37.1 Å². The minimum Gasteiger partial charge on any atom is -0.444 e. The molecule has 1 heterocycles. The normalized spacial score (nSPS) is 11.2. The van der Waals surface area contributed by atoms with Crippen LogP contribution in [0.1, 0.15) is 30.8 Å². The maximum absolute atomic E-state index is 12.7. The Morgan fingerprint density at radius 3 is 2.30 bits per heavy atom. The third kappa shape index (κ3) is 6.64. The number of aromatic nitrogens is 2. The van der Waals surface area contributed by atoms with Gasteiger partial charge in [0.1, 0.15) is 12.3 Å². The van der Waals surface area contributed by atoms with Gasteiger partial charge in [0.2, 0.25) is 5.79 Å². The Morgan fingerprint density at radius 1 is 1.03 bits per heavy atom. The molecule has 0 atom stereocenters. The van der Waals surface area contributed by atoms with E-state index in [9.17, 15) is 9.59 Å². The Labute approximate surface area is 196 Å². The van der Waals surface area contributed by atoms with E-state index in [1.807, 2.05) is 56.3 Å². The number of nitrogens with one attached hydrogen (secondary N) is 2. The van der Waals surface area contributed by atoms with E-state index in [2.05, 4.69) is 15.3 Å². The molecule has 3 aromatic rings. The Morgan fingerprint density at radius 2 is 1.70 bits per heavy atom. The first kappa shape index (κ1) is 24.4. The van der Waals surface area contributed by atoms with Crippen molar-refractivity contribution >= 4 is 23.4 Å². The van der Waals surface area contributed by atoms with Crippen molar-refractivity contribution in [1.29, 1.82) is 0 Å². The van der Waals surface area contributed by atoms with E-state index in [-0.39, 0.29) is 18.1 Å². The first-order valence-electron chi connectivity index (χ1n) is 10.6. The molecule has 0 aliphatic heterocycles. The number of aromatic amines is 1. The van der Waals surface area contributed by atoms with Crippen LogP contribution in [0.3, 0.4) is 0 Å². The molecular formula is C24H26ClN3O5. The van der Waals surface area contributed by atoms with Crippen molar-refractivity contribution < 1.29 is 19.0 Å². The quantitative estimate of drug-likeness (QED) is 0.417. The van der Waals surface area contributed by atoms with E-state index >= 15 is 0 Å². The number of rotatable bonds is 10. The lowest BCUT2D eigenvalue weighted by Gasteiger charge is -2.32. The number of halogens is 1. The summed E-state index contributed by atoms with van der Waals surface area (Å²) in [5.41, 5.74) is 1.10. The summed E-state index contributed by atoms with van der Waals surface area (Å²) in [4.78, 5) is 31.8. The molecule has 0 aliphatic carbocycles. The molecule has 33 heavy (non-hydrogen) atoms. The van der Waals surface area contributed by atoms with Crippen molar-refractivity contribution in [2.75, 3.05) is 18.5 Å². The van der Waals surface area contributed by atoms with Gasteiger partial charge in [-0.1, -0.05) is 54.1 Å². The van der Waals surface area contributed by atoms with Crippen LogP contribution in [0.5, 0.6) is 0 Å². The highest BCUT2D eigenvalue weighted by Crippen LogP contribution is 2.29. The second-order valence-electron chi connectivity index (χ2n) is 7.08. The smallest absolute Gasteiger partial charge is 0.412 e. The Bertz CT molecular complexity index is 1100. The summed E-state index contributed by atoms with van der Waals surface area (Å²) in [7, 11) is 0. The molecule has 8 nitrogen and oxygen atoms in total. The Hall–Kier alpha value is -3.20. The van der Waals surface area contributed by atoms with Crippen LogP contribution in [-0.4, -0.2) is 29.3 Å². The lowest BCUT2D eigenvalue weighted by Crippen LogP contribution is -2.39. The van der Waals surface area contributed by atoms with Gasteiger partial charge in [-0.15, -0.1) is 0 Å². The standard InChI is InChI=1S/C24H26ClN3O5/c1-3-32-24(33-4-2,14-17-10-12-19(25)13-11-17)22-26-15-20(21(29)28-22)27-23(30)31-16-18-8-6-5-7-9-18/h5-13,15H,3-4,14,16H2,1-2H3,(H,27,30)(H,26,28,29). The molecule has 0 fully saturated rings. The van der Waals surface area contributed by atoms with Gasteiger partial charge >= 0.3 is 6.09 Å². The second kappa shape index (κ2) is 11.6. The summed E-state index contributed by atoms with van der Waals surface area (Å²) in [5.74, 6) is -1.13. The van der Waals surface area contributed by atoms with Crippen LogP contribution >= 0.6 is 11.6 Å². The molecular weight excluding hydrogens is 446 g/mol. The van der Waals surface area contributed by atoms with Crippen molar-refractivity contribution in [2.24, 2.45) is 0 Å². The molecule has 2 aromatic carbocycles. The van der Waals surface area contributed by atoms with Crippen LogP contribution in [0.15, 0.2) is 65.6 Å². The topological polar surface area (TPSA) is 103 Å². The van der Waals surface area contributed by atoms with Crippen molar-refractivity contribution in [2.45, 2.75) is 32.7 Å². The zero-order valence-electron chi connectivity index (χ0n) is 18.5. The Kier molecular flexibility index (Phi) is 8.59. The summed E-state index contributed by atoms with van der Waals surface area (Å²) in [5, 5.41) is 3.02. The maximum atomic E-state index is 12.7. The van der Waals surface area contributed by atoms with E-state index in [4.69, 9.17) is 25.8 Å². The van der Waals surface area contributed by atoms with Gasteiger partial charge < -0.3 is 19.2 Å². The fourth-order valence-electron chi connectivity index (χ4n) is 3.25. The number of amides is 1. The van der Waals surface area contributed by atoms with Crippen molar-refractivity contribution in [3.63, 3.8) is 0 Å². The van der Waals surface area contributed by atoms with E-state index in [0.717, 1.165) is 11.1 Å². The lowest BCUT2D eigenvalue weighted by molar-refractivity contribution is -0.247. The molecule has 0 saturated heterocycles.